The zero-order valence-corrected chi connectivity index (χ0v) is 11.9. The van der Waals surface area contributed by atoms with Crippen LogP contribution in [0.5, 0.6) is 0 Å². The maximum Gasteiger partial charge on any atom is 0.270 e. The van der Waals surface area contributed by atoms with Crippen LogP contribution in [-0.4, -0.2) is 52.8 Å². The van der Waals surface area contributed by atoms with Crippen molar-refractivity contribution in [1.29, 1.82) is 0 Å². The molecule has 0 bridgehead atoms. The summed E-state index contributed by atoms with van der Waals surface area (Å²) in [6, 6.07) is 7.38. The molecular formula is C15H19N3O3. The molecule has 2 unspecified atom stereocenters. The Hall–Kier alpha value is -2.05. The molecule has 3 rings (SSSR count). The molecule has 0 saturated carbocycles. The standard InChI is InChI=1S/C15H19N3O3/c1-9-6-18(7-11(8-19)21-9)15(20)13-5-10-3-2-4-12(16)14(10)17-13/h2-5,9,11,17,19H,6-8,16H2,1H3. The van der Waals surface area contributed by atoms with Crippen molar-refractivity contribution >= 4 is 22.5 Å². The van der Waals surface area contributed by atoms with Gasteiger partial charge in [-0.15, -0.1) is 0 Å². The molecule has 6 heteroatoms. The zero-order chi connectivity index (χ0) is 15.0. The Balaban J connectivity index is 1.87. The maximum atomic E-state index is 12.6. The molecule has 1 aromatic heterocycles. The van der Waals surface area contributed by atoms with Crippen LogP contribution in [0.25, 0.3) is 10.9 Å². The lowest BCUT2D eigenvalue weighted by molar-refractivity contribution is -0.0859. The van der Waals surface area contributed by atoms with E-state index in [1.54, 1.807) is 11.0 Å². The summed E-state index contributed by atoms with van der Waals surface area (Å²) in [6.07, 6.45) is -0.415. The summed E-state index contributed by atoms with van der Waals surface area (Å²) < 4.78 is 5.56. The molecule has 6 nitrogen and oxygen atoms in total. The van der Waals surface area contributed by atoms with Gasteiger partial charge in [0.05, 0.1) is 30.0 Å². The van der Waals surface area contributed by atoms with Gasteiger partial charge < -0.3 is 25.5 Å². The first-order valence-corrected chi connectivity index (χ1v) is 7.01. The van der Waals surface area contributed by atoms with Crippen molar-refractivity contribution in [2.24, 2.45) is 0 Å². The number of aromatic nitrogens is 1. The molecule has 1 aliphatic rings. The van der Waals surface area contributed by atoms with Crippen LogP contribution in [0.2, 0.25) is 0 Å². The van der Waals surface area contributed by atoms with Gasteiger partial charge >= 0.3 is 0 Å². The highest BCUT2D eigenvalue weighted by atomic mass is 16.5. The Kier molecular flexibility index (Phi) is 3.57. The number of hydrogen-bond donors (Lipinski definition) is 3. The minimum absolute atomic E-state index is 0.0886. The SMILES string of the molecule is CC1CN(C(=O)c2cc3cccc(N)c3[nH]2)CC(CO)O1. The van der Waals surface area contributed by atoms with Crippen molar-refractivity contribution in [3.63, 3.8) is 0 Å². The Labute approximate surface area is 122 Å². The second kappa shape index (κ2) is 5.38. The van der Waals surface area contributed by atoms with Gasteiger partial charge in [0, 0.05) is 18.5 Å². The molecular weight excluding hydrogens is 270 g/mol. The van der Waals surface area contributed by atoms with Crippen molar-refractivity contribution < 1.29 is 14.6 Å². The number of carbonyl (C=O) groups excluding carboxylic acids is 1. The molecule has 1 amide bonds. The Bertz CT molecular complexity index is 667. The van der Waals surface area contributed by atoms with Crippen LogP contribution in [0.1, 0.15) is 17.4 Å². The number of aromatic amines is 1. The monoisotopic (exact) mass is 289 g/mol. The molecule has 2 aromatic rings. The molecule has 0 aliphatic carbocycles. The first-order valence-electron chi connectivity index (χ1n) is 7.01. The highest BCUT2D eigenvalue weighted by molar-refractivity contribution is 6.00. The van der Waals surface area contributed by atoms with E-state index in [1.165, 1.54) is 0 Å². The van der Waals surface area contributed by atoms with Crippen molar-refractivity contribution in [2.45, 2.75) is 19.1 Å². The summed E-state index contributed by atoms with van der Waals surface area (Å²) in [4.78, 5) is 17.4. The lowest BCUT2D eigenvalue weighted by atomic mass is 10.2. The summed E-state index contributed by atoms with van der Waals surface area (Å²) in [5.74, 6) is -0.0980. The Morgan fingerprint density at radius 3 is 3.05 bits per heavy atom. The smallest absolute Gasteiger partial charge is 0.270 e. The van der Waals surface area contributed by atoms with Crippen LogP contribution in [0, 0.1) is 0 Å². The van der Waals surface area contributed by atoms with E-state index < -0.39 is 0 Å². The van der Waals surface area contributed by atoms with Gasteiger partial charge in [-0.25, -0.2) is 0 Å². The van der Waals surface area contributed by atoms with Crippen molar-refractivity contribution in [3.05, 3.63) is 30.0 Å². The molecule has 1 saturated heterocycles. The number of aliphatic hydroxyl groups excluding tert-OH is 1. The third kappa shape index (κ3) is 2.59. The van der Waals surface area contributed by atoms with Gasteiger partial charge in [0.1, 0.15) is 5.69 Å². The van der Waals surface area contributed by atoms with Crippen molar-refractivity contribution in [2.75, 3.05) is 25.4 Å². The molecule has 1 aliphatic heterocycles. The first kappa shape index (κ1) is 13.9. The van der Waals surface area contributed by atoms with E-state index >= 15 is 0 Å². The Morgan fingerprint density at radius 2 is 2.33 bits per heavy atom. The zero-order valence-electron chi connectivity index (χ0n) is 11.9. The highest BCUT2D eigenvalue weighted by Crippen LogP contribution is 2.22. The number of fused-ring (bicyclic) bond motifs is 1. The number of nitrogen functional groups attached to an aromatic ring is 1. The van der Waals surface area contributed by atoms with Crippen LogP contribution in [0.3, 0.4) is 0 Å². The van der Waals surface area contributed by atoms with Gasteiger partial charge in [-0.1, -0.05) is 12.1 Å². The van der Waals surface area contributed by atoms with Gasteiger partial charge in [0.25, 0.3) is 5.91 Å². The number of hydrogen-bond acceptors (Lipinski definition) is 4. The predicted molar refractivity (Wildman–Crippen MR) is 80.0 cm³/mol. The van der Waals surface area contributed by atoms with Crippen LogP contribution in [-0.2, 0) is 4.74 Å². The summed E-state index contributed by atoms with van der Waals surface area (Å²) in [7, 11) is 0. The third-order valence-electron chi connectivity index (χ3n) is 3.74. The first-order chi connectivity index (χ1) is 10.1. The number of carbonyl (C=O) groups is 1. The fraction of sp³-hybridized carbons (Fsp3) is 0.400. The van der Waals surface area contributed by atoms with E-state index in [1.807, 2.05) is 25.1 Å². The van der Waals surface area contributed by atoms with E-state index in [-0.39, 0.29) is 24.7 Å². The lowest BCUT2D eigenvalue weighted by Crippen LogP contribution is -2.50. The summed E-state index contributed by atoms with van der Waals surface area (Å²) in [5, 5.41) is 10.2. The Morgan fingerprint density at radius 1 is 1.52 bits per heavy atom. The molecule has 1 aromatic carbocycles. The fourth-order valence-corrected chi connectivity index (χ4v) is 2.78. The number of H-pyrrole nitrogens is 1. The summed E-state index contributed by atoms with van der Waals surface area (Å²) in [5.41, 5.74) is 7.81. The number of ether oxygens (including phenoxy) is 1. The minimum Gasteiger partial charge on any atom is -0.397 e. The minimum atomic E-state index is -0.327. The number of benzene rings is 1. The second-order valence-electron chi connectivity index (χ2n) is 5.46. The quantitative estimate of drug-likeness (QED) is 0.718. The molecule has 2 heterocycles. The van der Waals surface area contributed by atoms with Crippen LogP contribution in [0.4, 0.5) is 5.69 Å². The van der Waals surface area contributed by atoms with E-state index in [2.05, 4.69) is 4.98 Å². The second-order valence-corrected chi connectivity index (χ2v) is 5.46. The van der Waals surface area contributed by atoms with E-state index in [0.29, 0.717) is 24.5 Å². The molecule has 1 fully saturated rings. The predicted octanol–water partition coefficient (Wildman–Crippen LogP) is 0.972. The number of nitrogens with one attached hydrogen (secondary N) is 1. The van der Waals surface area contributed by atoms with Gasteiger partial charge in [0.2, 0.25) is 0 Å². The molecule has 2 atom stereocenters. The third-order valence-corrected chi connectivity index (χ3v) is 3.74. The van der Waals surface area contributed by atoms with Gasteiger partial charge in [-0.2, -0.15) is 0 Å². The fourth-order valence-electron chi connectivity index (χ4n) is 2.78. The topological polar surface area (TPSA) is 91.6 Å². The normalized spacial score (nSPS) is 22.7. The van der Waals surface area contributed by atoms with Crippen LogP contribution in [0.15, 0.2) is 24.3 Å². The summed E-state index contributed by atoms with van der Waals surface area (Å²) in [6.45, 7) is 2.71. The average molecular weight is 289 g/mol. The van der Waals surface area contributed by atoms with Gasteiger partial charge in [-0.3, -0.25) is 4.79 Å². The maximum absolute atomic E-state index is 12.6. The largest absolute Gasteiger partial charge is 0.397 e. The lowest BCUT2D eigenvalue weighted by Gasteiger charge is -2.35. The number of morpholine rings is 1. The molecule has 4 N–H and O–H groups in total. The van der Waals surface area contributed by atoms with E-state index in [0.717, 1.165) is 10.9 Å². The van der Waals surface area contributed by atoms with Crippen molar-refractivity contribution in [3.8, 4) is 0 Å². The average Bonchev–Trinajstić information content (AvgIpc) is 2.91. The number of aliphatic hydroxyl groups is 1. The van der Waals surface area contributed by atoms with E-state index in [4.69, 9.17) is 10.5 Å². The number of nitrogens with zero attached hydrogens (tertiary/aromatic N) is 1. The summed E-state index contributed by atoms with van der Waals surface area (Å²) >= 11 is 0. The van der Waals surface area contributed by atoms with Gasteiger partial charge in [-0.05, 0) is 19.1 Å². The molecule has 21 heavy (non-hydrogen) atoms. The number of rotatable bonds is 2. The van der Waals surface area contributed by atoms with E-state index in [9.17, 15) is 9.90 Å². The molecule has 0 radical (unpaired) electrons. The number of nitrogens with two attached hydrogens (primary N) is 1. The molecule has 112 valence electrons. The number of amides is 1. The highest BCUT2D eigenvalue weighted by Gasteiger charge is 2.29. The van der Waals surface area contributed by atoms with Crippen LogP contribution >= 0.6 is 0 Å². The van der Waals surface area contributed by atoms with Crippen LogP contribution < -0.4 is 5.73 Å². The number of para-hydroxylation sites is 1. The molecule has 0 spiro atoms. The van der Waals surface area contributed by atoms with Crippen molar-refractivity contribution in [1.82, 2.24) is 9.88 Å². The van der Waals surface area contributed by atoms with Gasteiger partial charge in [0.15, 0.2) is 0 Å². The number of anilines is 1.